The predicted molar refractivity (Wildman–Crippen MR) is 72.7 cm³/mol. The number of aliphatic hydroxyl groups excluding tert-OH is 1. The Kier molecular flexibility index (Phi) is 3.37. The first kappa shape index (κ1) is 12.0. The van der Waals surface area contributed by atoms with E-state index in [2.05, 4.69) is 15.0 Å². The Morgan fingerprint density at radius 1 is 1.16 bits per heavy atom. The van der Waals surface area contributed by atoms with Gasteiger partial charge in [0.15, 0.2) is 0 Å². The molecule has 1 unspecified atom stereocenters. The second-order valence-electron chi connectivity index (χ2n) is 4.76. The summed E-state index contributed by atoms with van der Waals surface area (Å²) in [6, 6.07) is 3.88. The molecular formula is C14H16N4O. The molecule has 0 amide bonds. The first-order valence-corrected chi connectivity index (χ1v) is 6.48. The van der Waals surface area contributed by atoms with Gasteiger partial charge in [-0.25, -0.2) is 9.97 Å². The molecule has 2 aromatic heterocycles. The van der Waals surface area contributed by atoms with Gasteiger partial charge < -0.3 is 10.0 Å². The van der Waals surface area contributed by atoms with Gasteiger partial charge in [-0.05, 0) is 18.9 Å². The zero-order valence-electron chi connectivity index (χ0n) is 10.6. The third kappa shape index (κ3) is 2.71. The molecule has 1 aliphatic rings. The van der Waals surface area contributed by atoms with Crippen LogP contribution in [0.3, 0.4) is 0 Å². The number of rotatable bonds is 2. The molecule has 1 atom stereocenters. The van der Waals surface area contributed by atoms with Crippen molar-refractivity contribution in [3.63, 3.8) is 0 Å². The molecule has 98 valence electrons. The van der Waals surface area contributed by atoms with Crippen molar-refractivity contribution in [2.75, 3.05) is 18.0 Å². The molecule has 0 aliphatic carbocycles. The van der Waals surface area contributed by atoms with Crippen LogP contribution in [0.4, 0.5) is 5.95 Å². The van der Waals surface area contributed by atoms with Crippen LogP contribution in [0.1, 0.15) is 12.8 Å². The van der Waals surface area contributed by atoms with Gasteiger partial charge >= 0.3 is 0 Å². The van der Waals surface area contributed by atoms with Crippen molar-refractivity contribution < 1.29 is 5.11 Å². The monoisotopic (exact) mass is 256 g/mol. The number of nitrogens with zero attached hydrogens (tertiary/aromatic N) is 4. The number of pyridine rings is 1. The normalized spacial score (nSPS) is 19.4. The van der Waals surface area contributed by atoms with Gasteiger partial charge in [-0.2, -0.15) is 0 Å². The number of β-amino-alcohol motifs (C(OH)–C–C–N with tert-alkyl or cyclic N) is 1. The van der Waals surface area contributed by atoms with E-state index >= 15 is 0 Å². The second-order valence-corrected chi connectivity index (χ2v) is 4.76. The lowest BCUT2D eigenvalue weighted by molar-refractivity contribution is 0.153. The highest BCUT2D eigenvalue weighted by molar-refractivity contribution is 5.60. The van der Waals surface area contributed by atoms with Crippen LogP contribution in [0, 0.1) is 0 Å². The number of hydrogen-bond donors (Lipinski definition) is 1. The van der Waals surface area contributed by atoms with Crippen LogP contribution in [0.25, 0.3) is 11.1 Å². The summed E-state index contributed by atoms with van der Waals surface area (Å²) in [4.78, 5) is 14.9. The molecule has 3 rings (SSSR count). The lowest BCUT2D eigenvalue weighted by Crippen LogP contribution is -2.39. The van der Waals surface area contributed by atoms with E-state index in [1.807, 2.05) is 17.0 Å². The SMILES string of the molecule is OC1CCCN(c2ncc(-c3cccnc3)cn2)C1. The fraction of sp³-hybridized carbons (Fsp3) is 0.357. The number of aromatic nitrogens is 3. The van der Waals surface area contributed by atoms with Crippen molar-refractivity contribution in [1.82, 2.24) is 15.0 Å². The average Bonchev–Trinajstić information content (AvgIpc) is 2.48. The molecule has 1 saturated heterocycles. The van der Waals surface area contributed by atoms with Crippen molar-refractivity contribution in [2.45, 2.75) is 18.9 Å². The van der Waals surface area contributed by atoms with Gasteiger partial charge in [-0.1, -0.05) is 6.07 Å². The van der Waals surface area contributed by atoms with Gasteiger partial charge in [0.05, 0.1) is 6.10 Å². The third-order valence-corrected chi connectivity index (χ3v) is 3.31. The maximum absolute atomic E-state index is 9.67. The quantitative estimate of drug-likeness (QED) is 0.882. The third-order valence-electron chi connectivity index (χ3n) is 3.31. The summed E-state index contributed by atoms with van der Waals surface area (Å²) in [6.45, 7) is 1.52. The van der Waals surface area contributed by atoms with Crippen LogP contribution in [-0.4, -0.2) is 39.3 Å². The molecule has 3 heterocycles. The molecule has 1 N–H and O–H groups in total. The summed E-state index contributed by atoms with van der Waals surface area (Å²) in [6.07, 6.45) is 8.73. The van der Waals surface area contributed by atoms with E-state index in [0.717, 1.165) is 30.5 Å². The molecule has 0 bridgehead atoms. The molecule has 5 nitrogen and oxygen atoms in total. The van der Waals surface area contributed by atoms with Crippen molar-refractivity contribution in [2.24, 2.45) is 0 Å². The van der Waals surface area contributed by atoms with Crippen LogP contribution < -0.4 is 4.90 Å². The minimum Gasteiger partial charge on any atom is -0.391 e. The van der Waals surface area contributed by atoms with Gasteiger partial charge in [-0.3, -0.25) is 4.98 Å². The summed E-state index contributed by atoms with van der Waals surface area (Å²) >= 11 is 0. The van der Waals surface area contributed by atoms with E-state index in [4.69, 9.17) is 0 Å². The largest absolute Gasteiger partial charge is 0.391 e. The molecule has 1 aliphatic heterocycles. The number of aliphatic hydroxyl groups is 1. The van der Waals surface area contributed by atoms with Gasteiger partial charge in [-0.15, -0.1) is 0 Å². The highest BCUT2D eigenvalue weighted by Gasteiger charge is 2.19. The lowest BCUT2D eigenvalue weighted by Gasteiger charge is -2.29. The predicted octanol–water partition coefficient (Wildman–Crippen LogP) is 1.50. The van der Waals surface area contributed by atoms with E-state index in [1.54, 1.807) is 24.8 Å². The summed E-state index contributed by atoms with van der Waals surface area (Å²) in [7, 11) is 0. The summed E-state index contributed by atoms with van der Waals surface area (Å²) < 4.78 is 0. The van der Waals surface area contributed by atoms with Crippen molar-refractivity contribution >= 4 is 5.95 Å². The maximum atomic E-state index is 9.67. The minimum absolute atomic E-state index is 0.268. The Bertz CT molecular complexity index is 529. The van der Waals surface area contributed by atoms with E-state index in [0.29, 0.717) is 12.5 Å². The zero-order chi connectivity index (χ0) is 13.1. The van der Waals surface area contributed by atoms with E-state index < -0.39 is 0 Å². The fourth-order valence-electron chi connectivity index (χ4n) is 2.30. The van der Waals surface area contributed by atoms with Crippen molar-refractivity contribution in [3.05, 3.63) is 36.9 Å². The molecule has 0 saturated carbocycles. The van der Waals surface area contributed by atoms with Gasteiger partial charge in [0.25, 0.3) is 0 Å². The van der Waals surface area contributed by atoms with E-state index in [9.17, 15) is 5.11 Å². The van der Waals surface area contributed by atoms with Gasteiger partial charge in [0.2, 0.25) is 5.95 Å². The Morgan fingerprint density at radius 2 is 2.00 bits per heavy atom. The summed E-state index contributed by atoms with van der Waals surface area (Å²) in [5, 5.41) is 9.67. The molecule has 0 aromatic carbocycles. The first-order chi connectivity index (χ1) is 9.33. The summed E-state index contributed by atoms with van der Waals surface area (Å²) in [5.41, 5.74) is 1.96. The highest BCUT2D eigenvalue weighted by Crippen LogP contribution is 2.19. The number of hydrogen-bond acceptors (Lipinski definition) is 5. The average molecular weight is 256 g/mol. The number of anilines is 1. The molecule has 0 radical (unpaired) electrons. The van der Waals surface area contributed by atoms with Crippen molar-refractivity contribution in [1.29, 1.82) is 0 Å². The number of piperidine rings is 1. The lowest BCUT2D eigenvalue weighted by atomic mass is 10.1. The van der Waals surface area contributed by atoms with Crippen LogP contribution in [0.5, 0.6) is 0 Å². The summed E-state index contributed by atoms with van der Waals surface area (Å²) in [5.74, 6) is 0.686. The minimum atomic E-state index is -0.268. The Hall–Kier alpha value is -2.01. The Balaban J connectivity index is 1.79. The van der Waals surface area contributed by atoms with Gasteiger partial charge in [0.1, 0.15) is 0 Å². The molecule has 5 heteroatoms. The maximum Gasteiger partial charge on any atom is 0.225 e. The molecular weight excluding hydrogens is 240 g/mol. The molecule has 1 fully saturated rings. The Labute approximate surface area is 112 Å². The van der Waals surface area contributed by atoms with E-state index in [1.165, 1.54) is 0 Å². The molecule has 2 aromatic rings. The molecule has 19 heavy (non-hydrogen) atoms. The smallest absolute Gasteiger partial charge is 0.225 e. The van der Waals surface area contributed by atoms with Crippen LogP contribution in [0.2, 0.25) is 0 Å². The first-order valence-electron chi connectivity index (χ1n) is 6.48. The van der Waals surface area contributed by atoms with Gasteiger partial charge in [0, 0.05) is 49.0 Å². The topological polar surface area (TPSA) is 62.1 Å². The van der Waals surface area contributed by atoms with Crippen LogP contribution >= 0.6 is 0 Å². The fourth-order valence-corrected chi connectivity index (χ4v) is 2.30. The zero-order valence-corrected chi connectivity index (χ0v) is 10.6. The molecule has 0 spiro atoms. The van der Waals surface area contributed by atoms with E-state index in [-0.39, 0.29) is 6.10 Å². The highest BCUT2D eigenvalue weighted by atomic mass is 16.3. The second kappa shape index (κ2) is 5.32. The van der Waals surface area contributed by atoms with Crippen LogP contribution in [-0.2, 0) is 0 Å². The van der Waals surface area contributed by atoms with Crippen molar-refractivity contribution in [3.8, 4) is 11.1 Å². The Morgan fingerprint density at radius 3 is 2.68 bits per heavy atom. The standard InChI is InChI=1S/C14H16N4O/c19-13-4-2-6-18(10-13)14-16-8-12(9-17-14)11-3-1-5-15-7-11/h1,3,5,7-9,13,19H,2,4,6,10H2. The van der Waals surface area contributed by atoms with Crippen LogP contribution in [0.15, 0.2) is 36.9 Å².